The SMILES string of the molecule is CC(=O)N1CCN(C(=O)C(C)Nc2c(-c3ccccc3)nc3cnccn23)CC1. The molecule has 0 bridgehead atoms. The molecule has 1 aliphatic heterocycles. The molecule has 2 aromatic heterocycles. The Morgan fingerprint density at radius 3 is 2.45 bits per heavy atom. The summed E-state index contributed by atoms with van der Waals surface area (Å²) in [7, 11) is 0. The van der Waals surface area contributed by atoms with Gasteiger partial charge in [0, 0.05) is 51.1 Å². The highest BCUT2D eigenvalue weighted by Crippen LogP contribution is 2.29. The van der Waals surface area contributed by atoms with Crippen LogP contribution >= 0.6 is 0 Å². The van der Waals surface area contributed by atoms with Gasteiger partial charge in [-0.15, -0.1) is 0 Å². The van der Waals surface area contributed by atoms with E-state index in [9.17, 15) is 9.59 Å². The fraction of sp³-hybridized carbons (Fsp3) is 0.333. The van der Waals surface area contributed by atoms with Crippen molar-refractivity contribution in [2.45, 2.75) is 19.9 Å². The largest absolute Gasteiger partial charge is 0.358 e. The maximum atomic E-state index is 13.0. The number of carbonyl (C=O) groups is 2. The highest BCUT2D eigenvalue weighted by molar-refractivity contribution is 5.86. The molecule has 0 radical (unpaired) electrons. The van der Waals surface area contributed by atoms with Gasteiger partial charge in [-0.05, 0) is 6.92 Å². The molecule has 1 N–H and O–H groups in total. The Morgan fingerprint density at radius 1 is 1.07 bits per heavy atom. The van der Waals surface area contributed by atoms with Crippen molar-refractivity contribution in [2.24, 2.45) is 0 Å². The standard InChI is InChI=1S/C21H24N6O2/c1-15(21(29)26-12-10-25(11-13-26)16(2)28)23-20-19(17-6-4-3-5-7-17)24-18-14-22-8-9-27(18)20/h3-9,14-15,23H,10-13H2,1-2H3. The van der Waals surface area contributed by atoms with E-state index in [1.807, 2.05) is 52.8 Å². The van der Waals surface area contributed by atoms with Crippen molar-refractivity contribution in [1.82, 2.24) is 24.2 Å². The molecule has 150 valence electrons. The summed E-state index contributed by atoms with van der Waals surface area (Å²) >= 11 is 0. The van der Waals surface area contributed by atoms with Crippen LogP contribution in [-0.2, 0) is 9.59 Å². The van der Waals surface area contributed by atoms with Gasteiger partial charge in [0.15, 0.2) is 5.65 Å². The molecule has 1 atom stereocenters. The number of hydrogen-bond acceptors (Lipinski definition) is 5. The Hall–Kier alpha value is -3.42. The number of rotatable bonds is 4. The first-order valence-corrected chi connectivity index (χ1v) is 9.73. The van der Waals surface area contributed by atoms with E-state index in [0.717, 1.165) is 17.1 Å². The minimum Gasteiger partial charge on any atom is -0.358 e. The highest BCUT2D eigenvalue weighted by atomic mass is 16.2. The van der Waals surface area contributed by atoms with Crippen LogP contribution in [0, 0.1) is 0 Å². The molecule has 3 aromatic rings. The summed E-state index contributed by atoms with van der Waals surface area (Å²) in [5.74, 6) is 0.822. The first-order chi connectivity index (χ1) is 14.0. The Labute approximate surface area is 169 Å². The smallest absolute Gasteiger partial charge is 0.244 e. The van der Waals surface area contributed by atoms with Crippen molar-refractivity contribution in [1.29, 1.82) is 0 Å². The van der Waals surface area contributed by atoms with Crippen molar-refractivity contribution in [3.63, 3.8) is 0 Å². The topological polar surface area (TPSA) is 82.8 Å². The molecule has 3 heterocycles. The van der Waals surface area contributed by atoms with Crippen LogP contribution in [0.5, 0.6) is 0 Å². The fourth-order valence-electron chi connectivity index (χ4n) is 3.62. The van der Waals surface area contributed by atoms with Gasteiger partial charge in [0.25, 0.3) is 0 Å². The van der Waals surface area contributed by atoms with Gasteiger partial charge in [-0.2, -0.15) is 0 Å². The second kappa shape index (κ2) is 7.90. The van der Waals surface area contributed by atoms with Crippen LogP contribution in [0.1, 0.15) is 13.8 Å². The van der Waals surface area contributed by atoms with Crippen molar-refractivity contribution < 1.29 is 9.59 Å². The molecule has 4 rings (SSSR count). The van der Waals surface area contributed by atoms with Crippen molar-refractivity contribution in [2.75, 3.05) is 31.5 Å². The third-order valence-corrected chi connectivity index (χ3v) is 5.24. The number of nitrogens with one attached hydrogen (secondary N) is 1. The van der Waals surface area contributed by atoms with Crippen LogP contribution in [0.15, 0.2) is 48.9 Å². The van der Waals surface area contributed by atoms with E-state index < -0.39 is 6.04 Å². The zero-order valence-corrected chi connectivity index (χ0v) is 16.6. The predicted molar refractivity (Wildman–Crippen MR) is 110 cm³/mol. The number of nitrogens with zero attached hydrogens (tertiary/aromatic N) is 5. The molecule has 1 aliphatic rings. The van der Waals surface area contributed by atoms with Crippen LogP contribution in [0.4, 0.5) is 5.82 Å². The number of anilines is 1. The van der Waals surface area contributed by atoms with Gasteiger partial charge in [-0.3, -0.25) is 19.0 Å². The fourth-order valence-corrected chi connectivity index (χ4v) is 3.62. The lowest BCUT2D eigenvalue weighted by molar-refractivity contribution is -0.138. The second-order valence-corrected chi connectivity index (χ2v) is 7.18. The van der Waals surface area contributed by atoms with E-state index in [1.54, 1.807) is 24.2 Å². The van der Waals surface area contributed by atoms with E-state index >= 15 is 0 Å². The lowest BCUT2D eigenvalue weighted by Gasteiger charge is -2.35. The van der Waals surface area contributed by atoms with Crippen molar-refractivity contribution in [3.05, 3.63) is 48.9 Å². The molecule has 0 saturated carbocycles. The third-order valence-electron chi connectivity index (χ3n) is 5.24. The second-order valence-electron chi connectivity index (χ2n) is 7.18. The normalized spacial score (nSPS) is 15.4. The van der Waals surface area contributed by atoms with E-state index in [1.165, 1.54) is 0 Å². The average molecular weight is 392 g/mol. The Kier molecular flexibility index (Phi) is 5.16. The minimum absolute atomic E-state index is 0.0104. The summed E-state index contributed by atoms with van der Waals surface area (Å²) in [5.41, 5.74) is 2.46. The van der Waals surface area contributed by atoms with Crippen LogP contribution in [0.2, 0.25) is 0 Å². The molecule has 0 spiro atoms. The van der Waals surface area contributed by atoms with Gasteiger partial charge in [0.1, 0.15) is 17.6 Å². The zero-order valence-electron chi connectivity index (χ0n) is 16.6. The highest BCUT2D eigenvalue weighted by Gasteiger charge is 2.27. The first-order valence-electron chi connectivity index (χ1n) is 9.73. The van der Waals surface area contributed by atoms with Gasteiger partial charge in [-0.1, -0.05) is 30.3 Å². The van der Waals surface area contributed by atoms with Crippen LogP contribution < -0.4 is 5.32 Å². The molecule has 8 heteroatoms. The summed E-state index contributed by atoms with van der Waals surface area (Å²) in [4.78, 5) is 37.0. The minimum atomic E-state index is -0.436. The Balaban J connectivity index is 1.57. The van der Waals surface area contributed by atoms with Gasteiger partial charge < -0.3 is 15.1 Å². The van der Waals surface area contributed by atoms with Gasteiger partial charge in [-0.25, -0.2) is 4.98 Å². The number of hydrogen-bond donors (Lipinski definition) is 1. The van der Waals surface area contributed by atoms with Crippen LogP contribution in [0.3, 0.4) is 0 Å². The number of carbonyl (C=O) groups excluding carboxylic acids is 2. The molecule has 1 fully saturated rings. The molecule has 0 aliphatic carbocycles. The molecule has 29 heavy (non-hydrogen) atoms. The quantitative estimate of drug-likeness (QED) is 0.733. The summed E-state index contributed by atoms with van der Waals surface area (Å²) < 4.78 is 1.91. The van der Waals surface area contributed by atoms with Gasteiger partial charge in [0.2, 0.25) is 11.8 Å². The maximum absolute atomic E-state index is 13.0. The van der Waals surface area contributed by atoms with Gasteiger partial charge in [0.05, 0.1) is 6.20 Å². The number of aromatic nitrogens is 3. The molecular formula is C21H24N6O2. The Morgan fingerprint density at radius 2 is 1.76 bits per heavy atom. The van der Waals surface area contributed by atoms with E-state index in [4.69, 9.17) is 4.98 Å². The maximum Gasteiger partial charge on any atom is 0.244 e. The van der Waals surface area contributed by atoms with Crippen molar-refractivity contribution in [3.8, 4) is 11.3 Å². The molecule has 1 unspecified atom stereocenters. The van der Waals surface area contributed by atoms with E-state index in [0.29, 0.717) is 31.8 Å². The van der Waals surface area contributed by atoms with Gasteiger partial charge >= 0.3 is 0 Å². The molecule has 1 saturated heterocycles. The van der Waals surface area contributed by atoms with E-state index in [2.05, 4.69) is 10.3 Å². The van der Waals surface area contributed by atoms with Crippen LogP contribution in [0.25, 0.3) is 16.9 Å². The number of imidazole rings is 1. The molecule has 1 aromatic carbocycles. The first kappa shape index (κ1) is 18.9. The lowest BCUT2D eigenvalue weighted by atomic mass is 10.1. The summed E-state index contributed by atoms with van der Waals surface area (Å²) in [6.07, 6.45) is 5.23. The van der Waals surface area contributed by atoms with E-state index in [-0.39, 0.29) is 11.8 Å². The van der Waals surface area contributed by atoms with Crippen LogP contribution in [-0.4, -0.2) is 68.2 Å². The Bertz CT molecular complexity index is 1020. The lowest BCUT2D eigenvalue weighted by Crippen LogP contribution is -2.53. The number of benzene rings is 1. The third kappa shape index (κ3) is 3.78. The summed E-state index contributed by atoms with van der Waals surface area (Å²) in [5, 5.41) is 3.36. The summed E-state index contributed by atoms with van der Waals surface area (Å²) in [6, 6.07) is 9.44. The number of piperazine rings is 1. The number of fused-ring (bicyclic) bond motifs is 1. The molecular weight excluding hydrogens is 368 g/mol. The monoisotopic (exact) mass is 392 g/mol. The summed E-state index contributed by atoms with van der Waals surface area (Å²) in [6.45, 7) is 5.66. The molecule has 8 nitrogen and oxygen atoms in total. The zero-order chi connectivity index (χ0) is 20.4. The number of amides is 2. The van der Waals surface area contributed by atoms with Crippen molar-refractivity contribution >= 4 is 23.3 Å². The average Bonchev–Trinajstić information content (AvgIpc) is 3.12. The molecule has 2 amide bonds. The predicted octanol–water partition coefficient (Wildman–Crippen LogP) is 1.89.